The van der Waals surface area contributed by atoms with Crippen LogP contribution in [0, 0.1) is 5.92 Å². The van der Waals surface area contributed by atoms with E-state index in [1.807, 2.05) is 57.6 Å². The second kappa shape index (κ2) is 7.70. The molecule has 1 aromatic heterocycles. The number of carbonyl (C=O) groups is 1. The molecule has 2 heterocycles. The van der Waals surface area contributed by atoms with E-state index in [0.717, 1.165) is 23.4 Å². The van der Waals surface area contributed by atoms with E-state index in [0.29, 0.717) is 13.2 Å². The summed E-state index contributed by atoms with van der Waals surface area (Å²) >= 11 is 0. The number of ether oxygens (including phenoxy) is 1. The van der Waals surface area contributed by atoms with Crippen molar-refractivity contribution in [1.29, 1.82) is 0 Å². The molecule has 3 rings (SSSR count). The normalized spacial score (nSPS) is 21.1. The van der Waals surface area contributed by atoms with Crippen LogP contribution in [0.1, 0.15) is 36.9 Å². The van der Waals surface area contributed by atoms with E-state index in [1.165, 1.54) is 0 Å². The van der Waals surface area contributed by atoms with Gasteiger partial charge in [-0.2, -0.15) is 5.10 Å². The Labute approximate surface area is 148 Å². The summed E-state index contributed by atoms with van der Waals surface area (Å²) in [4.78, 5) is 12.8. The topological polar surface area (TPSA) is 68.2 Å². The van der Waals surface area contributed by atoms with Gasteiger partial charge in [0.15, 0.2) is 0 Å². The maximum absolute atomic E-state index is 12.8. The highest BCUT2D eigenvalue weighted by molar-refractivity contribution is 5.81. The van der Waals surface area contributed by atoms with Crippen molar-refractivity contribution in [2.24, 2.45) is 13.0 Å². The largest absolute Gasteiger partial charge is 0.494 e. The first-order valence-electron chi connectivity index (χ1n) is 8.81. The first-order chi connectivity index (χ1) is 12.1. The minimum absolute atomic E-state index is 0.0666. The van der Waals surface area contributed by atoms with Gasteiger partial charge in [-0.3, -0.25) is 9.48 Å². The maximum Gasteiger partial charge on any atom is 0.225 e. The lowest BCUT2D eigenvalue weighted by molar-refractivity contribution is -0.125. The number of rotatable bonds is 6. The Morgan fingerprint density at radius 2 is 2.32 bits per heavy atom. The van der Waals surface area contributed by atoms with E-state index in [9.17, 15) is 4.79 Å². The number of hydrogen-bond donors (Lipinski definition) is 2. The molecule has 3 atom stereocenters. The van der Waals surface area contributed by atoms with Crippen molar-refractivity contribution in [1.82, 2.24) is 20.4 Å². The Balaban J connectivity index is 1.67. The third-order valence-corrected chi connectivity index (χ3v) is 4.73. The van der Waals surface area contributed by atoms with Crippen molar-refractivity contribution in [2.45, 2.75) is 25.8 Å². The lowest BCUT2D eigenvalue weighted by atomic mass is 9.90. The summed E-state index contributed by atoms with van der Waals surface area (Å²) < 4.78 is 7.33. The van der Waals surface area contributed by atoms with Crippen LogP contribution in [0.25, 0.3) is 0 Å². The van der Waals surface area contributed by atoms with Gasteiger partial charge in [0.25, 0.3) is 0 Å². The fourth-order valence-electron chi connectivity index (χ4n) is 3.38. The predicted molar refractivity (Wildman–Crippen MR) is 96.5 cm³/mol. The first-order valence-corrected chi connectivity index (χ1v) is 8.81. The van der Waals surface area contributed by atoms with Gasteiger partial charge in [0.05, 0.1) is 24.8 Å². The molecule has 1 unspecified atom stereocenters. The molecule has 0 radical (unpaired) electrons. The minimum atomic E-state index is -0.0817. The summed E-state index contributed by atoms with van der Waals surface area (Å²) in [5.41, 5.74) is 2.15. The summed E-state index contributed by atoms with van der Waals surface area (Å²) in [6.07, 6.45) is 3.85. The Hall–Kier alpha value is -2.34. The van der Waals surface area contributed by atoms with Gasteiger partial charge >= 0.3 is 0 Å². The number of amides is 1. The fourth-order valence-corrected chi connectivity index (χ4v) is 3.38. The molecular formula is C19H26N4O2. The SMILES string of the molecule is CCOc1cccc(C(C)NC(=O)[C@H]2CNC[C@@H]2c2cnn(C)c2)c1. The number of carbonyl (C=O) groups excluding carboxylic acids is 1. The fraction of sp³-hybridized carbons (Fsp3) is 0.474. The molecule has 1 saturated heterocycles. The summed E-state index contributed by atoms with van der Waals surface area (Å²) in [7, 11) is 1.90. The van der Waals surface area contributed by atoms with Gasteiger partial charge in [0.1, 0.15) is 5.75 Å². The van der Waals surface area contributed by atoms with Gasteiger partial charge in [-0.05, 0) is 37.1 Å². The van der Waals surface area contributed by atoms with Crippen molar-refractivity contribution >= 4 is 5.91 Å². The molecule has 1 fully saturated rings. The Bertz CT molecular complexity index is 728. The average Bonchev–Trinajstić information content (AvgIpc) is 3.24. The summed E-state index contributed by atoms with van der Waals surface area (Å²) in [5.74, 6) is 0.988. The Kier molecular flexibility index (Phi) is 5.38. The maximum atomic E-state index is 12.8. The Morgan fingerprint density at radius 3 is 3.04 bits per heavy atom. The monoisotopic (exact) mass is 342 g/mol. The second-order valence-corrected chi connectivity index (χ2v) is 6.55. The molecule has 0 spiro atoms. The number of nitrogens with one attached hydrogen (secondary N) is 2. The highest BCUT2D eigenvalue weighted by Crippen LogP contribution is 2.29. The van der Waals surface area contributed by atoms with Crippen LogP contribution in [0.2, 0.25) is 0 Å². The third-order valence-electron chi connectivity index (χ3n) is 4.73. The molecule has 2 aromatic rings. The van der Waals surface area contributed by atoms with E-state index in [4.69, 9.17) is 4.74 Å². The minimum Gasteiger partial charge on any atom is -0.494 e. The number of aryl methyl sites for hydroxylation is 1. The number of nitrogens with zero attached hydrogens (tertiary/aromatic N) is 2. The standard InChI is InChI=1S/C19H26N4O2/c1-4-25-16-7-5-6-14(8-16)13(2)22-19(24)18-11-20-10-17(18)15-9-21-23(3)12-15/h5-9,12-13,17-18,20H,4,10-11H2,1-3H3,(H,22,24)/t13?,17-,18+/m1/s1. The molecule has 0 aliphatic carbocycles. The second-order valence-electron chi connectivity index (χ2n) is 6.55. The quantitative estimate of drug-likeness (QED) is 0.842. The molecule has 1 amide bonds. The number of hydrogen-bond acceptors (Lipinski definition) is 4. The molecule has 6 nitrogen and oxygen atoms in total. The van der Waals surface area contributed by atoms with Crippen molar-refractivity contribution < 1.29 is 9.53 Å². The van der Waals surface area contributed by atoms with E-state index < -0.39 is 0 Å². The highest BCUT2D eigenvalue weighted by atomic mass is 16.5. The molecule has 134 valence electrons. The molecule has 2 N–H and O–H groups in total. The van der Waals surface area contributed by atoms with E-state index in [2.05, 4.69) is 15.7 Å². The van der Waals surface area contributed by atoms with Gasteiger partial charge < -0.3 is 15.4 Å². The lowest BCUT2D eigenvalue weighted by Gasteiger charge is -2.21. The van der Waals surface area contributed by atoms with E-state index >= 15 is 0 Å². The van der Waals surface area contributed by atoms with Crippen LogP contribution in [-0.4, -0.2) is 35.4 Å². The zero-order chi connectivity index (χ0) is 17.8. The lowest BCUT2D eigenvalue weighted by Crippen LogP contribution is -2.36. The van der Waals surface area contributed by atoms with Crippen LogP contribution < -0.4 is 15.4 Å². The zero-order valence-electron chi connectivity index (χ0n) is 15.0. The van der Waals surface area contributed by atoms with Crippen LogP contribution in [0.3, 0.4) is 0 Å². The number of aromatic nitrogens is 2. The van der Waals surface area contributed by atoms with Gasteiger partial charge in [0, 0.05) is 32.3 Å². The van der Waals surface area contributed by atoms with Gasteiger partial charge in [0.2, 0.25) is 5.91 Å². The van der Waals surface area contributed by atoms with Crippen molar-refractivity contribution in [3.63, 3.8) is 0 Å². The Morgan fingerprint density at radius 1 is 1.48 bits per heavy atom. The molecule has 6 heteroatoms. The average molecular weight is 342 g/mol. The van der Waals surface area contributed by atoms with Crippen molar-refractivity contribution in [3.05, 3.63) is 47.8 Å². The van der Waals surface area contributed by atoms with Crippen LogP contribution in [-0.2, 0) is 11.8 Å². The van der Waals surface area contributed by atoms with Crippen LogP contribution in [0.4, 0.5) is 0 Å². The molecule has 1 aliphatic rings. The predicted octanol–water partition coefficient (Wildman–Crippen LogP) is 2.00. The van der Waals surface area contributed by atoms with Crippen LogP contribution in [0.5, 0.6) is 5.75 Å². The van der Waals surface area contributed by atoms with Crippen LogP contribution in [0.15, 0.2) is 36.7 Å². The zero-order valence-corrected chi connectivity index (χ0v) is 15.0. The summed E-state index contributed by atoms with van der Waals surface area (Å²) in [5, 5.41) is 10.7. The highest BCUT2D eigenvalue weighted by Gasteiger charge is 2.35. The third kappa shape index (κ3) is 4.02. The first kappa shape index (κ1) is 17.5. The van der Waals surface area contributed by atoms with E-state index in [1.54, 1.807) is 4.68 Å². The van der Waals surface area contributed by atoms with Gasteiger partial charge in [-0.1, -0.05) is 12.1 Å². The molecule has 0 saturated carbocycles. The van der Waals surface area contributed by atoms with Crippen LogP contribution >= 0.6 is 0 Å². The summed E-state index contributed by atoms with van der Waals surface area (Å²) in [6.45, 7) is 6.09. The van der Waals surface area contributed by atoms with E-state index in [-0.39, 0.29) is 23.8 Å². The van der Waals surface area contributed by atoms with Gasteiger partial charge in [-0.25, -0.2) is 0 Å². The van der Waals surface area contributed by atoms with Crippen molar-refractivity contribution in [3.8, 4) is 5.75 Å². The summed E-state index contributed by atoms with van der Waals surface area (Å²) in [6, 6.07) is 7.82. The van der Waals surface area contributed by atoms with Crippen molar-refractivity contribution in [2.75, 3.05) is 19.7 Å². The number of benzene rings is 1. The molecule has 1 aliphatic heterocycles. The molecular weight excluding hydrogens is 316 g/mol. The van der Waals surface area contributed by atoms with Gasteiger partial charge in [-0.15, -0.1) is 0 Å². The molecule has 0 bridgehead atoms. The molecule has 1 aromatic carbocycles. The molecule has 25 heavy (non-hydrogen) atoms. The smallest absolute Gasteiger partial charge is 0.225 e.